The van der Waals surface area contributed by atoms with E-state index in [2.05, 4.69) is 18.0 Å². The summed E-state index contributed by atoms with van der Waals surface area (Å²) in [5.41, 5.74) is 10.3. The van der Waals surface area contributed by atoms with Crippen LogP contribution in [-0.4, -0.2) is 11.6 Å². The number of hydrogen-bond donors (Lipinski definition) is 1. The summed E-state index contributed by atoms with van der Waals surface area (Å²) in [7, 11) is 0. The van der Waals surface area contributed by atoms with E-state index in [-0.39, 0.29) is 0 Å². The highest BCUT2D eigenvalue weighted by atomic mass is 16.5. The highest BCUT2D eigenvalue weighted by Gasteiger charge is 2.16. The number of aryl methyl sites for hydroxylation is 1. The molecule has 0 amide bonds. The summed E-state index contributed by atoms with van der Waals surface area (Å²) in [6.45, 7) is 7.03. The van der Waals surface area contributed by atoms with Crippen molar-refractivity contribution < 1.29 is 4.74 Å². The fourth-order valence-corrected chi connectivity index (χ4v) is 3.35. The zero-order valence-electron chi connectivity index (χ0n) is 16.8. The first kappa shape index (κ1) is 20.8. The lowest BCUT2D eigenvalue weighted by molar-refractivity contribution is 0.304. The maximum Gasteiger partial charge on any atom is 0.142 e. The van der Waals surface area contributed by atoms with Crippen LogP contribution in [0.3, 0.4) is 0 Å². The lowest BCUT2D eigenvalue weighted by Gasteiger charge is -2.14. The second-order valence-corrected chi connectivity index (χ2v) is 6.92. The average Bonchev–Trinajstić information content (AvgIpc) is 2.69. The van der Waals surface area contributed by atoms with Crippen LogP contribution >= 0.6 is 0 Å². The highest BCUT2D eigenvalue weighted by Crippen LogP contribution is 2.32. The van der Waals surface area contributed by atoms with E-state index in [4.69, 9.17) is 10.5 Å². The Kier molecular flexibility index (Phi) is 8.13. The molecule has 0 bridgehead atoms. The molecular weight excluding hydrogens is 334 g/mol. The molecule has 0 atom stereocenters. The molecule has 0 aliphatic heterocycles. The standard InChI is InChI=1S/C23H31N3O/c1-4-6-7-8-9-10-15-27-19-13-11-18(12-14-19)22-17(3)21(5-2)26-23(25)20(22)16-24/h11-14H,4-10,15H2,1-3H3,(H2,25,26). The number of aromatic nitrogens is 1. The van der Waals surface area contributed by atoms with Crippen molar-refractivity contribution in [3.8, 4) is 22.9 Å². The molecule has 1 heterocycles. The Bertz CT molecular complexity index is 775. The van der Waals surface area contributed by atoms with E-state index in [1.54, 1.807) is 0 Å². The van der Waals surface area contributed by atoms with Crippen LogP contribution in [0.4, 0.5) is 5.82 Å². The number of nitrogens with two attached hydrogens (primary N) is 1. The lowest BCUT2D eigenvalue weighted by atomic mass is 9.94. The normalized spacial score (nSPS) is 10.6. The summed E-state index contributed by atoms with van der Waals surface area (Å²) >= 11 is 0. The van der Waals surface area contributed by atoms with Gasteiger partial charge < -0.3 is 10.5 Å². The molecule has 0 unspecified atom stereocenters. The van der Waals surface area contributed by atoms with Crippen LogP contribution in [0.25, 0.3) is 11.1 Å². The number of nitriles is 1. The van der Waals surface area contributed by atoms with Crippen molar-refractivity contribution >= 4 is 5.82 Å². The third kappa shape index (κ3) is 5.47. The monoisotopic (exact) mass is 365 g/mol. The minimum atomic E-state index is 0.304. The van der Waals surface area contributed by atoms with Crippen LogP contribution < -0.4 is 10.5 Å². The second kappa shape index (κ2) is 10.6. The van der Waals surface area contributed by atoms with Crippen LogP contribution in [0.15, 0.2) is 24.3 Å². The fraction of sp³-hybridized carbons (Fsp3) is 0.478. The van der Waals surface area contributed by atoms with E-state index in [0.717, 1.165) is 47.6 Å². The first-order valence-corrected chi connectivity index (χ1v) is 10.0. The van der Waals surface area contributed by atoms with Crippen LogP contribution in [0.5, 0.6) is 5.75 Å². The molecular formula is C23H31N3O. The first-order valence-electron chi connectivity index (χ1n) is 10.0. The zero-order chi connectivity index (χ0) is 19.6. The molecule has 144 valence electrons. The van der Waals surface area contributed by atoms with Gasteiger partial charge in [-0.15, -0.1) is 0 Å². The van der Waals surface area contributed by atoms with Gasteiger partial charge in [-0.3, -0.25) is 0 Å². The topological polar surface area (TPSA) is 71.9 Å². The highest BCUT2D eigenvalue weighted by molar-refractivity contribution is 5.79. The number of nitrogens with zero attached hydrogens (tertiary/aromatic N) is 2. The van der Waals surface area contributed by atoms with Gasteiger partial charge in [0.25, 0.3) is 0 Å². The van der Waals surface area contributed by atoms with E-state index in [9.17, 15) is 5.26 Å². The summed E-state index contributed by atoms with van der Waals surface area (Å²) in [4.78, 5) is 4.37. The Hall–Kier alpha value is -2.54. The number of hydrogen-bond acceptors (Lipinski definition) is 4. The molecule has 0 spiro atoms. The Balaban J connectivity index is 2.05. The largest absolute Gasteiger partial charge is 0.494 e. The van der Waals surface area contributed by atoms with Crippen LogP contribution in [0.1, 0.15) is 69.2 Å². The molecule has 27 heavy (non-hydrogen) atoms. The average molecular weight is 366 g/mol. The number of unbranched alkanes of at least 4 members (excludes halogenated alkanes) is 5. The van der Waals surface area contributed by atoms with Gasteiger partial charge in [0.15, 0.2) is 0 Å². The van der Waals surface area contributed by atoms with Crippen molar-refractivity contribution in [3.63, 3.8) is 0 Å². The van der Waals surface area contributed by atoms with E-state index in [0.29, 0.717) is 11.4 Å². The van der Waals surface area contributed by atoms with Crippen LogP contribution in [0, 0.1) is 18.3 Å². The number of anilines is 1. The molecule has 0 aliphatic carbocycles. The Morgan fingerprint density at radius 1 is 1.04 bits per heavy atom. The maximum absolute atomic E-state index is 9.53. The van der Waals surface area contributed by atoms with Gasteiger partial charge in [0.05, 0.1) is 6.61 Å². The molecule has 0 aliphatic rings. The summed E-state index contributed by atoms with van der Waals surface area (Å²) < 4.78 is 5.86. The predicted molar refractivity (Wildman–Crippen MR) is 112 cm³/mol. The fourth-order valence-electron chi connectivity index (χ4n) is 3.35. The summed E-state index contributed by atoms with van der Waals surface area (Å²) in [5.74, 6) is 1.17. The zero-order valence-corrected chi connectivity index (χ0v) is 16.8. The molecule has 0 radical (unpaired) electrons. The number of benzene rings is 1. The molecule has 0 fully saturated rings. The van der Waals surface area contributed by atoms with E-state index in [1.807, 2.05) is 38.1 Å². The van der Waals surface area contributed by atoms with E-state index in [1.165, 1.54) is 32.1 Å². The Morgan fingerprint density at radius 3 is 2.33 bits per heavy atom. The molecule has 1 aromatic carbocycles. The maximum atomic E-state index is 9.53. The van der Waals surface area contributed by atoms with Gasteiger partial charge in [0, 0.05) is 11.3 Å². The molecule has 0 saturated heterocycles. The van der Waals surface area contributed by atoms with Crippen LogP contribution in [0.2, 0.25) is 0 Å². The molecule has 1 aromatic heterocycles. The lowest BCUT2D eigenvalue weighted by Crippen LogP contribution is -2.05. The molecule has 4 heteroatoms. The van der Waals surface area contributed by atoms with Gasteiger partial charge >= 0.3 is 0 Å². The quantitative estimate of drug-likeness (QED) is 0.539. The van der Waals surface area contributed by atoms with Gasteiger partial charge in [-0.25, -0.2) is 4.98 Å². The summed E-state index contributed by atoms with van der Waals surface area (Å²) in [6, 6.07) is 10.1. The predicted octanol–water partition coefficient (Wildman–Crippen LogP) is 5.81. The number of pyridine rings is 1. The second-order valence-electron chi connectivity index (χ2n) is 6.92. The molecule has 4 nitrogen and oxygen atoms in total. The Labute approximate surface area is 163 Å². The van der Waals surface area contributed by atoms with Crippen LogP contribution in [-0.2, 0) is 6.42 Å². The first-order chi connectivity index (χ1) is 13.1. The van der Waals surface area contributed by atoms with Crippen molar-refractivity contribution in [1.29, 1.82) is 5.26 Å². The molecule has 2 N–H and O–H groups in total. The van der Waals surface area contributed by atoms with E-state index >= 15 is 0 Å². The van der Waals surface area contributed by atoms with Crippen molar-refractivity contribution in [3.05, 3.63) is 41.1 Å². The SMILES string of the molecule is CCCCCCCCOc1ccc(-c2c(C)c(CC)nc(N)c2C#N)cc1. The summed E-state index contributed by atoms with van der Waals surface area (Å²) in [6.07, 6.45) is 8.30. The van der Waals surface area contributed by atoms with Gasteiger partial charge in [-0.2, -0.15) is 5.26 Å². The molecule has 2 aromatic rings. The van der Waals surface area contributed by atoms with Gasteiger partial charge in [-0.05, 0) is 43.0 Å². The molecule has 0 saturated carbocycles. The smallest absolute Gasteiger partial charge is 0.142 e. The third-order valence-electron chi connectivity index (χ3n) is 4.93. The van der Waals surface area contributed by atoms with Crippen molar-refractivity contribution in [2.75, 3.05) is 12.3 Å². The van der Waals surface area contributed by atoms with E-state index < -0.39 is 0 Å². The number of nitrogen functional groups attached to an aromatic ring is 1. The van der Waals surface area contributed by atoms with Gasteiger partial charge in [-0.1, -0.05) is 58.1 Å². The Morgan fingerprint density at radius 2 is 1.70 bits per heavy atom. The third-order valence-corrected chi connectivity index (χ3v) is 4.93. The van der Waals surface area contributed by atoms with Gasteiger partial charge in [0.1, 0.15) is 23.2 Å². The minimum absolute atomic E-state index is 0.304. The summed E-state index contributed by atoms with van der Waals surface area (Å²) in [5, 5.41) is 9.53. The minimum Gasteiger partial charge on any atom is -0.494 e. The van der Waals surface area contributed by atoms with Crippen molar-refractivity contribution in [1.82, 2.24) is 4.98 Å². The van der Waals surface area contributed by atoms with Crippen molar-refractivity contribution in [2.45, 2.75) is 65.7 Å². The van der Waals surface area contributed by atoms with Crippen molar-refractivity contribution in [2.24, 2.45) is 0 Å². The molecule has 2 rings (SSSR count). The van der Waals surface area contributed by atoms with Gasteiger partial charge in [0.2, 0.25) is 0 Å². The number of ether oxygens (including phenoxy) is 1. The number of rotatable bonds is 10.